The van der Waals surface area contributed by atoms with Crippen molar-refractivity contribution in [1.29, 1.82) is 0 Å². The predicted octanol–water partition coefficient (Wildman–Crippen LogP) is 4.50. The van der Waals surface area contributed by atoms with E-state index >= 15 is 0 Å². The van der Waals surface area contributed by atoms with Crippen LogP contribution in [0, 0.1) is 5.92 Å². The number of hydrogen-bond donors (Lipinski definition) is 2. The minimum absolute atomic E-state index is 0.0868. The lowest BCUT2D eigenvalue weighted by molar-refractivity contribution is 0.0949. The minimum Gasteiger partial charge on any atom is -0.352 e. The predicted molar refractivity (Wildman–Crippen MR) is 106 cm³/mol. The number of fused-ring (bicyclic) bond motifs is 2. The van der Waals surface area contributed by atoms with E-state index in [1.54, 1.807) is 24.5 Å². The van der Waals surface area contributed by atoms with Crippen molar-refractivity contribution in [2.45, 2.75) is 48.3 Å². The molecule has 0 spiro atoms. The van der Waals surface area contributed by atoms with Gasteiger partial charge in [0.25, 0.3) is 11.8 Å². The molecule has 0 saturated heterocycles. The number of pyridine rings is 1. The molecule has 1 aliphatic heterocycles. The van der Waals surface area contributed by atoms with Gasteiger partial charge in [-0.25, -0.2) is 0 Å². The molecule has 1 aromatic heterocycles. The first-order chi connectivity index (χ1) is 13.2. The number of anilines is 1. The summed E-state index contributed by atoms with van der Waals surface area (Å²) in [6.07, 6.45) is 10.9. The van der Waals surface area contributed by atoms with Crippen molar-refractivity contribution in [3.8, 4) is 0 Å². The molecule has 0 bridgehead atoms. The molecule has 1 aliphatic carbocycles. The Hall–Kier alpha value is -2.34. The van der Waals surface area contributed by atoms with Gasteiger partial charge in [0, 0.05) is 34.3 Å². The zero-order valence-corrected chi connectivity index (χ0v) is 16.0. The summed E-state index contributed by atoms with van der Waals surface area (Å²) in [6, 6.07) is 7.17. The zero-order valence-electron chi connectivity index (χ0n) is 15.2. The molecule has 1 aromatic carbocycles. The fraction of sp³-hybridized carbons (Fsp3) is 0.381. The van der Waals surface area contributed by atoms with Gasteiger partial charge in [0.05, 0.1) is 11.3 Å². The van der Waals surface area contributed by atoms with Crippen molar-refractivity contribution in [2.24, 2.45) is 5.92 Å². The number of aromatic nitrogens is 1. The van der Waals surface area contributed by atoms with E-state index in [1.807, 2.05) is 12.1 Å². The number of carbonyl (C=O) groups excluding carboxylic acids is 2. The molecule has 2 aliphatic rings. The maximum Gasteiger partial charge on any atom is 0.256 e. The Balaban J connectivity index is 1.43. The number of amides is 2. The van der Waals surface area contributed by atoms with Crippen LogP contribution in [-0.2, 0) is 0 Å². The monoisotopic (exact) mass is 381 g/mol. The van der Waals surface area contributed by atoms with Crippen LogP contribution < -0.4 is 10.6 Å². The van der Waals surface area contributed by atoms with E-state index in [0.29, 0.717) is 23.4 Å². The van der Waals surface area contributed by atoms with Crippen LogP contribution in [0.4, 0.5) is 5.69 Å². The fourth-order valence-corrected chi connectivity index (χ4v) is 4.76. The summed E-state index contributed by atoms with van der Waals surface area (Å²) in [5, 5.41) is 5.94. The van der Waals surface area contributed by atoms with Crippen LogP contribution in [0.1, 0.15) is 59.2 Å². The second kappa shape index (κ2) is 8.13. The second-order valence-electron chi connectivity index (χ2n) is 7.19. The van der Waals surface area contributed by atoms with Crippen LogP contribution in [-0.4, -0.2) is 23.3 Å². The van der Waals surface area contributed by atoms with Crippen molar-refractivity contribution in [2.75, 3.05) is 11.9 Å². The van der Waals surface area contributed by atoms with Gasteiger partial charge in [-0.15, -0.1) is 0 Å². The fourth-order valence-electron chi connectivity index (χ4n) is 3.78. The Morgan fingerprint density at radius 3 is 2.89 bits per heavy atom. The van der Waals surface area contributed by atoms with Crippen LogP contribution in [0.5, 0.6) is 0 Å². The molecule has 1 saturated carbocycles. The molecule has 0 radical (unpaired) electrons. The average Bonchev–Trinajstić information content (AvgIpc) is 2.84. The Kier molecular flexibility index (Phi) is 5.43. The average molecular weight is 382 g/mol. The van der Waals surface area contributed by atoms with Gasteiger partial charge < -0.3 is 10.6 Å². The maximum absolute atomic E-state index is 12.5. The lowest BCUT2D eigenvalue weighted by Gasteiger charge is -2.21. The Labute approximate surface area is 163 Å². The SMILES string of the molecule is O=C(NCCC1CCCCC1)c1ccc2c(c1)NC(=O)c1ccncc1S2. The van der Waals surface area contributed by atoms with Crippen molar-refractivity contribution in [1.82, 2.24) is 10.3 Å². The number of rotatable bonds is 4. The van der Waals surface area contributed by atoms with Crippen LogP contribution in [0.15, 0.2) is 46.5 Å². The van der Waals surface area contributed by atoms with E-state index in [4.69, 9.17) is 0 Å². The molecule has 2 aromatic rings. The summed E-state index contributed by atoms with van der Waals surface area (Å²) in [5.41, 5.74) is 1.84. The van der Waals surface area contributed by atoms with Crippen molar-refractivity contribution < 1.29 is 9.59 Å². The lowest BCUT2D eigenvalue weighted by Crippen LogP contribution is -2.26. The van der Waals surface area contributed by atoms with Gasteiger partial charge in [-0.1, -0.05) is 43.9 Å². The normalized spacial score (nSPS) is 16.7. The molecule has 1 fully saturated rings. The zero-order chi connectivity index (χ0) is 18.6. The number of hydrogen-bond acceptors (Lipinski definition) is 4. The lowest BCUT2D eigenvalue weighted by atomic mass is 9.87. The first-order valence-corrected chi connectivity index (χ1v) is 10.4. The summed E-state index contributed by atoms with van der Waals surface area (Å²) in [6.45, 7) is 0.707. The molecule has 2 amide bonds. The maximum atomic E-state index is 12.5. The quantitative estimate of drug-likeness (QED) is 0.818. The summed E-state index contributed by atoms with van der Waals surface area (Å²) in [4.78, 5) is 30.8. The van der Waals surface area contributed by atoms with Gasteiger partial charge >= 0.3 is 0 Å². The summed E-state index contributed by atoms with van der Waals surface area (Å²) < 4.78 is 0. The van der Waals surface area contributed by atoms with Crippen LogP contribution in [0.25, 0.3) is 0 Å². The number of carbonyl (C=O) groups is 2. The molecule has 0 atom stereocenters. The molecule has 5 nitrogen and oxygen atoms in total. The highest BCUT2D eigenvalue weighted by Crippen LogP contribution is 2.38. The Bertz CT molecular complexity index is 862. The van der Waals surface area contributed by atoms with Crippen LogP contribution >= 0.6 is 11.8 Å². The Morgan fingerprint density at radius 2 is 2.04 bits per heavy atom. The van der Waals surface area contributed by atoms with E-state index in [2.05, 4.69) is 15.6 Å². The first kappa shape index (κ1) is 18.0. The molecular weight excluding hydrogens is 358 g/mol. The summed E-state index contributed by atoms with van der Waals surface area (Å²) in [7, 11) is 0. The third-order valence-corrected chi connectivity index (χ3v) is 6.42. The third-order valence-electron chi connectivity index (χ3n) is 5.30. The number of nitrogens with zero attached hydrogens (tertiary/aromatic N) is 1. The van der Waals surface area contributed by atoms with Gasteiger partial charge in [0.1, 0.15) is 0 Å². The first-order valence-electron chi connectivity index (χ1n) is 9.56. The molecule has 2 N–H and O–H groups in total. The molecule has 0 unspecified atom stereocenters. The summed E-state index contributed by atoms with van der Waals surface area (Å²) in [5.74, 6) is 0.485. The molecule has 140 valence electrons. The number of benzene rings is 1. The van der Waals surface area contributed by atoms with Crippen molar-refractivity contribution in [3.05, 3.63) is 47.8 Å². The second-order valence-corrected chi connectivity index (χ2v) is 8.27. The van der Waals surface area contributed by atoms with Gasteiger partial charge in [0.2, 0.25) is 0 Å². The van der Waals surface area contributed by atoms with E-state index in [9.17, 15) is 9.59 Å². The van der Waals surface area contributed by atoms with Gasteiger partial charge in [-0.2, -0.15) is 0 Å². The third kappa shape index (κ3) is 4.16. The highest BCUT2D eigenvalue weighted by atomic mass is 32.2. The van der Waals surface area contributed by atoms with E-state index in [-0.39, 0.29) is 11.8 Å². The van der Waals surface area contributed by atoms with Gasteiger partial charge in [-0.3, -0.25) is 14.6 Å². The Morgan fingerprint density at radius 1 is 1.19 bits per heavy atom. The summed E-state index contributed by atoms with van der Waals surface area (Å²) >= 11 is 1.49. The molecular formula is C21H23N3O2S. The van der Waals surface area contributed by atoms with E-state index in [0.717, 1.165) is 22.1 Å². The highest BCUT2D eigenvalue weighted by Gasteiger charge is 2.21. The van der Waals surface area contributed by atoms with Crippen molar-refractivity contribution in [3.63, 3.8) is 0 Å². The van der Waals surface area contributed by atoms with Crippen molar-refractivity contribution >= 4 is 29.3 Å². The smallest absolute Gasteiger partial charge is 0.256 e. The minimum atomic E-state index is -0.173. The van der Waals surface area contributed by atoms with Crippen LogP contribution in [0.3, 0.4) is 0 Å². The topological polar surface area (TPSA) is 71.1 Å². The largest absolute Gasteiger partial charge is 0.352 e. The van der Waals surface area contributed by atoms with Gasteiger partial charge in [0.15, 0.2) is 0 Å². The van der Waals surface area contributed by atoms with Crippen LogP contribution in [0.2, 0.25) is 0 Å². The number of nitrogens with one attached hydrogen (secondary N) is 2. The highest BCUT2D eigenvalue weighted by molar-refractivity contribution is 7.99. The van der Waals surface area contributed by atoms with E-state index < -0.39 is 0 Å². The van der Waals surface area contributed by atoms with E-state index in [1.165, 1.54) is 43.9 Å². The molecule has 4 rings (SSSR count). The molecule has 6 heteroatoms. The molecule has 27 heavy (non-hydrogen) atoms. The molecule has 2 heterocycles. The van der Waals surface area contributed by atoms with Gasteiger partial charge in [-0.05, 0) is 36.6 Å². The standard InChI is InChI=1S/C21H23N3O2S/c25-20(23-11-8-14-4-2-1-3-5-14)15-6-7-18-17(12-15)24-21(26)16-9-10-22-13-19(16)27-18/h6-7,9-10,12-14H,1-5,8,11H2,(H,23,25)(H,24,26).